The van der Waals surface area contributed by atoms with Crippen molar-refractivity contribution < 1.29 is 14.7 Å². The van der Waals surface area contributed by atoms with E-state index in [1.54, 1.807) is 18.3 Å². The van der Waals surface area contributed by atoms with Gasteiger partial charge in [-0.2, -0.15) is 0 Å². The number of carboxylic acid groups (broad SMARTS) is 1. The summed E-state index contributed by atoms with van der Waals surface area (Å²) in [7, 11) is 5.88. The number of fused-ring (bicyclic) bond motifs is 4. The molecule has 2 aromatic heterocycles. The van der Waals surface area contributed by atoms with Crippen molar-refractivity contribution in [1.82, 2.24) is 19.8 Å². The van der Waals surface area contributed by atoms with Crippen LogP contribution in [0.3, 0.4) is 0 Å². The van der Waals surface area contributed by atoms with E-state index in [4.69, 9.17) is 0 Å². The predicted octanol–water partition coefficient (Wildman–Crippen LogP) is 3.18. The Morgan fingerprint density at radius 3 is 2.57 bits per heavy atom. The molecule has 0 unspecified atom stereocenters. The summed E-state index contributed by atoms with van der Waals surface area (Å²) in [6.07, 6.45) is 1.66. The first-order valence-electron chi connectivity index (χ1n) is 9.76. The summed E-state index contributed by atoms with van der Waals surface area (Å²) in [6.45, 7) is 3.29. The molecule has 154 valence electrons. The Morgan fingerprint density at radius 2 is 1.87 bits per heavy atom. The van der Waals surface area contributed by atoms with Crippen LogP contribution in [0.15, 0.2) is 36.5 Å². The lowest BCUT2D eigenvalue weighted by Gasteiger charge is -2.12. The van der Waals surface area contributed by atoms with Crippen LogP contribution in [0.1, 0.15) is 26.4 Å². The smallest absolute Gasteiger partial charge is 0.335 e. The number of hydrogen-bond acceptors (Lipinski definition) is 4. The Kier molecular flexibility index (Phi) is 4.91. The number of hydrogen-bond donors (Lipinski definition) is 2. The minimum Gasteiger partial charge on any atom is -0.478 e. The lowest BCUT2D eigenvalue weighted by Crippen LogP contribution is -2.31. The zero-order valence-electron chi connectivity index (χ0n) is 17.5. The van der Waals surface area contributed by atoms with Gasteiger partial charge in [0.1, 0.15) is 5.69 Å². The molecule has 0 atom stereocenters. The first kappa shape index (κ1) is 19.8. The molecule has 7 nitrogen and oxygen atoms in total. The second-order valence-electron chi connectivity index (χ2n) is 7.81. The van der Waals surface area contributed by atoms with Gasteiger partial charge in [0.15, 0.2) is 0 Å². The van der Waals surface area contributed by atoms with Crippen LogP contribution in [0.5, 0.6) is 0 Å². The Bertz CT molecular complexity index is 1320. The number of aromatic nitrogens is 2. The van der Waals surface area contributed by atoms with Crippen LogP contribution in [0.25, 0.3) is 32.6 Å². The molecule has 4 aromatic rings. The molecule has 2 heterocycles. The topological polar surface area (TPSA) is 87.5 Å². The number of benzene rings is 2. The largest absolute Gasteiger partial charge is 0.478 e. The SMILES string of the molecule is Cc1c2ccnc(C(=O)NCCN(C)C)c2cc2c3cc(C(=O)O)ccc3n(C)c12. The van der Waals surface area contributed by atoms with Gasteiger partial charge in [0.2, 0.25) is 0 Å². The fourth-order valence-corrected chi connectivity index (χ4v) is 4.08. The van der Waals surface area contributed by atoms with Gasteiger partial charge < -0.3 is 19.9 Å². The molecule has 1 amide bonds. The fraction of sp³-hybridized carbons (Fsp3) is 0.261. The third kappa shape index (κ3) is 3.17. The van der Waals surface area contributed by atoms with Crippen molar-refractivity contribution in [1.29, 1.82) is 0 Å². The standard InChI is InChI=1S/C23H24N4O3/c1-13-15-7-8-24-20(22(28)25-9-10-26(2)3)17(15)12-18-16-11-14(23(29)30)5-6-19(16)27(4)21(13)18/h5-8,11-12H,9-10H2,1-4H3,(H,25,28)(H,29,30). The fourth-order valence-electron chi connectivity index (χ4n) is 4.08. The number of carboxylic acids is 1. The summed E-state index contributed by atoms with van der Waals surface area (Å²) in [5.74, 6) is -1.18. The van der Waals surface area contributed by atoms with Crippen molar-refractivity contribution in [3.05, 3.63) is 53.3 Å². The number of nitrogens with zero attached hydrogens (tertiary/aromatic N) is 3. The van der Waals surface area contributed by atoms with E-state index in [0.717, 1.165) is 44.7 Å². The number of aryl methyl sites for hydroxylation is 2. The van der Waals surface area contributed by atoms with Crippen LogP contribution in [0, 0.1) is 6.92 Å². The van der Waals surface area contributed by atoms with Crippen LogP contribution in [-0.4, -0.2) is 58.6 Å². The first-order valence-corrected chi connectivity index (χ1v) is 9.76. The van der Waals surface area contributed by atoms with E-state index in [2.05, 4.69) is 14.9 Å². The highest BCUT2D eigenvalue weighted by Crippen LogP contribution is 2.36. The molecular weight excluding hydrogens is 380 g/mol. The number of rotatable bonds is 5. The molecule has 0 fully saturated rings. The molecule has 2 aromatic carbocycles. The van der Waals surface area contributed by atoms with Gasteiger partial charge in [0.25, 0.3) is 5.91 Å². The molecule has 0 aliphatic heterocycles. The third-order valence-corrected chi connectivity index (χ3v) is 5.58. The zero-order chi connectivity index (χ0) is 21.6. The minimum absolute atomic E-state index is 0.215. The number of aromatic carboxylic acids is 1. The van der Waals surface area contributed by atoms with E-state index in [1.807, 2.05) is 51.2 Å². The third-order valence-electron chi connectivity index (χ3n) is 5.58. The predicted molar refractivity (Wildman–Crippen MR) is 118 cm³/mol. The lowest BCUT2D eigenvalue weighted by atomic mass is 9.99. The number of likely N-dealkylation sites (N-methyl/N-ethyl adjacent to an activating group) is 1. The van der Waals surface area contributed by atoms with Crippen LogP contribution in [0.4, 0.5) is 0 Å². The average molecular weight is 404 g/mol. The molecule has 0 aliphatic rings. The Balaban J connectivity index is 1.96. The van der Waals surface area contributed by atoms with Crippen LogP contribution < -0.4 is 5.32 Å². The van der Waals surface area contributed by atoms with Crippen molar-refractivity contribution in [2.24, 2.45) is 7.05 Å². The van der Waals surface area contributed by atoms with Crippen LogP contribution in [0.2, 0.25) is 0 Å². The molecule has 2 N–H and O–H groups in total. The maximum atomic E-state index is 12.8. The van der Waals surface area contributed by atoms with E-state index in [9.17, 15) is 14.7 Å². The van der Waals surface area contributed by atoms with Gasteiger partial charge in [-0.25, -0.2) is 4.79 Å². The molecule has 0 bridgehead atoms. The summed E-state index contributed by atoms with van der Waals surface area (Å²) in [5.41, 5.74) is 3.61. The van der Waals surface area contributed by atoms with Gasteiger partial charge in [-0.15, -0.1) is 0 Å². The molecular formula is C23H24N4O3. The molecule has 0 radical (unpaired) electrons. The second-order valence-corrected chi connectivity index (χ2v) is 7.81. The van der Waals surface area contributed by atoms with Gasteiger partial charge in [0, 0.05) is 48.0 Å². The summed E-state index contributed by atoms with van der Waals surface area (Å²) in [5, 5.41) is 15.8. The monoisotopic (exact) mass is 404 g/mol. The maximum absolute atomic E-state index is 12.8. The highest BCUT2D eigenvalue weighted by Gasteiger charge is 2.18. The average Bonchev–Trinajstić information content (AvgIpc) is 2.99. The Morgan fingerprint density at radius 1 is 1.10 bits per heavy atom. The van der Waals surface area contributed by atoms with Crippen LogP contribution >= 0.6 is 0 Å². The summed E-state index contributed by atoms with van der Waals surface area (Å²) in [6, 6.07) is 9.01. The normalized spacial score (nSPS) is 11.6. The Hall–Kier alpha value is -3.45. The number of carbonyl (C=O) groups is 2. The van der Waals surface area contributed by atoms with E-state index < -0.39 is 5.97 Å². The van der Waals surface area contributed by atoms with E-state index in [1.165, 1.54) is 0 Å². The number of amides is 1. The zero-order valence-corrected chi connectivity index (χ0v) is 17.5. The minimum atomic E-state index is -0.964. The van der Waals surface area contributed by atoms with Gasteiger partial charge in [-0.1, -0.05) is 0 Å². The molecule has 0 saturated heterocycles. The van der Waals surface area contributed by atoms with Crippen molar-refractivity contribution in [2.45, 2.75) is 6.92 Å². The van der Waals surface area contributed by atoms with Crippen molar-refractivity contribution in [3.8, 4) is 0 Å². The summed E-state index contributed by atoms with van der Waals surface area (Å²) < 4.78 is 2.07. The van der Waals surface area contributed by atoms with Crippen molar-refractivity contribution in [3.63, 3.8) is 0 Å². The maximum Gasteiger partial charge on any atom is 0.335 e. The summed E-state index contributed by atoms with van der Waals surface area (Å²) >= 11 is 0. The highest BCUT2D eigenvalue weighted by atomic mass is 16.4. The lowest BCUT2D eigenvalue weighted by molar-refractivity contribution is 0.0696. The van der Waals surface area contributed by atoms with Crippen molar-refractivity contribution in [2.75, 3.05) is 27.2 Å². The van der Waals surface area contributed by atoms with Crippen molar-refractivity contribution >= 4 is 44.5 Å². The summed E-state index contributed by atoms with van der Waals surface area (Å²) in [4.78, 5) is 30.7. The first-order chi connectivity index (χ1) is 14.3. The Labute approximate surface area is 173 Å². The van der Waals surface area contributed by atoms with Gasteiger partial charge >= 0.3 is 5.97 Å². The van der Waals surface area contributed by atoms with E-state index >= 15 is 0 Å². The van der Waals surface area contributed by atoms with Gasteiger partial charge in [-0.05, 0) is 62.3 Å². The number of pyridine rings is 1. The molecule has 0 spiro atoms. The van der Waals surface area contributed by atoms with Gasteiger partial charge in [-0.3, -0.25) is 9.78 Å². The van der Waals surface area contributed by atoms with Gasteiger partial charge in [0.05, 0.1) is 11.1 Å². The van der Waals surface area contributed by atoms with E-state index in [-0.39, 0.29) is 11.5 Å². The molecule has 7 heteroatoms. The second kappa shape index (κ2) is 7.42. The molecule has 30 heavy (non-hydrogen) atoms. The highest BCUT2D eigenvalue weighted by molar-refractivity contribution is 6.18. The molecule has 0 saturated carbocycles. The number of nitrogens with one attached hydrogen (secondary N) is 1. The van der Waals surface area contributed by atoms with E-state index in [0.29, 0.717) is 12.2 Å². The molecule has 0 aliphatic carbocycles. The molecule has 4 rings (SSSR count). The number of carbonyl (C=O) groups excluding carboxylic acids is 1. The quantitative estimate of drug-likeness (QED) is 0.533. The van der Waals surface area contributed by atoms with Crippen LogP contribution in [-0.2, 0) is 7.05 Å².